The molecule has 1 fully saturated rings. The van der Waals surface area contributed by atoms with E-state index in [0.717, 1.165) is 25.1 Å². The zero-order valence-corrected chi connectivity index (χ0v) is 11.4. The molecular formula is C15H24N2O. The lowest BCUT2D eigenvalue weighted by atomic mass is 10.1. The van der Waals surface area contributed by atoms with Crippen LogP contribution in [-0.2, 0) is 6.42 Å². The Bertz CT molecular complexity index is 379. The number of hydrogen-bond donors (Lipinski definition) is 1. The van der Waals surface area contributed by atoms with E-state index in [2.05, 4.69) is 30.1 Å². The number of nitrogens with zero attached hydrogens (tertiary/aromatic N) is 1. The van der Waals surface area contributed by atoms with Gasteiger partial charge in [0.1, 0.15) is 11.9 Å². The summed E-state index contributed by atoms with van der Waals surface area (Å²) in [6.07, 6.45) is 3.61. The van der Waals surface area contributed by atoms with Crippen molar-refractivity contribution >= 4 is 0 Å². The van der Waals surface area contributed by atoms with Crippen LogP contribution in [0.3, 0.4) is 0 Å². The van der Waals surface area contributed by atoms with Gasteiger partial charge in [0.15, 0.2) is 0 Å². The van der Waals surface area contributed by atoms with Crippen LogP contribution in [0.4, 0.5) is 0 Å². The molecule has 3 heteroatoms. The predicted molar refractivity (Wildman–Crippen MR) is 74.9 cm³/mol. The van der Waals surface area contributed by atoms with E-state index in [1.54, 1.807) is 0 Å². The first kappa shape index (κ1) is 13.4. The van der Waals surface area contributed by atoms with Crippen LogP contribution >= 0.6 is 0 Å². The van der Waals surface area contributed by atoms with Crippen LogP contribution in [0, 0.1) is 0 Å². The van der Waals surface area contributed by atoms with Gasteiger partial charge in [-0.3, -0.25) is 0 Å². The van der Waals surface area contributed by atoms with Crippen molar-refractivity contribution in [2.24, 2.45) is 5.73 Å². The fraction of sp³-hybridized carbons (Fsp3) is 0.600. The van der Waals surface area contributed by atoms with E-state index in [0.29, 0.717) is 6.10 Å². The predicted octanol–water partition coefficient (Wildman–Crippen LogP) is 2.05. The van der Waals surface area contributed by atoms with Crippen molar-refractivity contribution in [3.05, 3.63) is 29.8 Å². The van der Waals surface area contributed by atoms with E-state index in [1.165, 1.54) is 18.5 Å². The van der Waals surface area contributed by atoms with Crippen molar-refractivity contribution in [2.75, 3.05) is 20.1 Å². The van der Waals surface area contributed by atoms with Gasteiger partial charge in [0.25, 0.3) is 0 Å². The Kier molecular flexibility index (Phi) is 4.61. The SMILES string of the molecule is CC(N)Cc1cccc(OC2CCCN(C)C2)c1. The Balaban J connectivity index is 1.96. The zero-order chi connectivity index (χ0) is 13.0. The third-order valence-corrected chi connectivity index (χ3v) is 3.34. The maximum Gasteiger partial charge on any atom is 0.120 e. The van der Waals surface area contributed by atoms with Crippen LogP contribution < -0.4 is 10.5 Å². The minimum absolute atomic E-state index is 0.195. The summed E-state index contributed by atoms with van der Waals surface area (Å²) in [6.45, 7) is 4.24. The number of ether oxygens (including phenoxy) is 1. The summed E-state index contributed by atoms with van der Waals surface area (Å²) in [6, 6.07) is 8.53. The first-order valence-corrected chi connectivity index (χ1v) is 6.83. The number of benzene rings is 1. The second-order valence-electron chi connectivity index (χ2n) is 5.47. The number of rotatable bonds is 4. The van der Waals surface area contributed by atoms with Gasteiger partial charge in [-0.05, 0) is 57.5 Å². The normalized spacial score (nSPS) is 22.7. The third kappa shape index (κ3) is 4.00. The van der Waals surface area contributed by atoms with Gasteiger partial charge in [-0.1, -0.05) is 12.1 Å². The molecule has 2 unspecified atom stereocenters. The average Bonchev–Trinajstić information content (AvgIpc) is 2.28. The lowest BCUT2D eigenvalue weighted by Crippen LogP contribution is -2.38. The Morgan fingerprint density at radius 2 is 2.33 bits per heavy atom. The van der Waals surface area contributed by atoms with Gasteiger partial charge in [0.05, 0.1) is 0 Å². The van der Waals surface area contributed by atoms with Gasteiger partial charge in [0.2, 0.25) is 0 Å². The standard InChI is InChI=1S/C15H24N2O/c1-12(16)9-13-5-3-6-14(10-13)18-15-7-4-8-17(2)11-15/h3,5-6,10,12,15H,4,7-9,11,16H2,1-2H3. The summed E-state index contributed by atoms with van der Waals surface area (Å²) in [4.78, 5) is 2.33. The molecule has 0 saturated carbocycles. The molecule has 1 saturated heterocycles. The number of likely N-dealkylation sites (tertiary alicyclic amines) is 1. The molecule has 0 bridgehead atoms. The number of hydrogen-bond acceptors (Lipinski definition) is 3. The maximum absolute atomic E-state index is 6.07. The van der Waals surface area contributed by atoms with Crippen molar-refractivity contribution in [2.45, 2.75) is 38.3 Å². The highest BCUT2D eigenvalue weighted by molar-refractivity contribution is 5.29. The maximum atomic E-state index is 6.07. The molecule has 1 aromatic carbocycles. The molecule has 100 valence electrons. The number of piperidine rings is 1. The topological polar surface area (TPSA) is 38.5 Å². The third-order valence-electron chi connectivity index (χ3n) is 3.34. The average molecular weight is 248 g/mol. The van der Waals surface area contributed by atoms with Crippen LogP contribution in [0.25, 0.3) is 0 Å². The second kappa shape index (κ2) is 6.21. The Hall–Kier alpha value is -1.06. The molecule has 0 radical (unpaired) electrons. The number of likely N-dealkylation sites (N-methyl/N-ethyl adjacent to an activating group) is 1. The summed E-state index contributed by atoms with van der Waals surface area (Å²) in [5.41, 5.74) is 7.09. The van der Waals surface area contributed by atoms with Crippen molar-refractivity contribution in [3.8, 4) is 5.75 Å². The molecular weight excluding hydrogens is 224 g/mol. The molecule has 1 aliphatic heterocycles. The zero-order valence-electron chi connectivity index (χ0n) is 11.4. The molecule has 0 amide bonds. The van der Waals surface area contributed by atoms with Crippen LogP contribution in [0.15, 0.2) is 24.3 Å². The highest BCUT2D eigenvalue weighted by Gasteiger charge is 2.18. The molecule has 0 aliphatic carbocycles. The molecule has 18 heavy (non-hydrogen) atoms. The van der Waals surface area contributed by atoms with Gasteiger partial charge in [-0.15, -0.1) is 0 Å². The van der Waals surface area contributed by atoms with E-state index < -0.39 is 0 Å². The van der Waals surface area contributed by atoms with Crippen LogP contribution in [0.5, 0.6) is 5.75 Å². The molecule has 2 N–H and O–H groups in total. The summed E-state index contributed by atoms with van der Waals surface area (Å²) < 4.78 is 6.07. The fourth-order valence-corrected chi connectivity index (χ4v) is 2.53. The number of nitrogens with two attached hydrogens (primary N) is 1. The monoisotopic (exact) mass is 248 g/mol. The van der Waals surface area contributed by atoms with Gasteiger partial charge in [-0.25, -0.2) is 0 Å². The molecule has 1 aliphatic rings. The van der Waals surface area contributed by atoms with E-state index in [4.69, 9.17) is 10.5 Å². The van der Waals surface area contributed by atoms with Gasteiger partial charge >= 0.3 is 0 Å². The van der Waals surface area contributed by atoms with Gasteiger partial charge in [-0.2, -0.15) is 0 Å². The van der Waals surface area contributed by atoms with Crippen LogP contribution in [-0.4, -0.2) is 37.2 Å². The van der Waals surface area contributed by atoms with Crippen LogP contribution in [0.2, 0.25) is 0 Å². The molecule has 2 rings (SSSR count). The fourth-order valence-electron chi connectivity index (χ4n) is 2.53. The van der Waals surface area contributed by atoms with Crippen molar-refractivity contribution in [3.63, 3.8) is 0 Å². The van der Waals surface area contributed by atoms with Crippen molar-refractivity contribution in [1.82, 2.24) is 4.90 Å². The summed E-state index contributed by atoms with van der Waals surface area (Å²) >= 11 is 0. The second-order valence-corrected chi connectivity index (χ2v) is 5.47. The molecule has 1 heterocycles. The van der Waals surface area contributed by atoms with Crippen LogP contribution in [0.1, 0.15) is 25.3 Å². The smallest absolute Gasteiger partial charge is 0.120 e. The molecule has 0 spiro atoms. The molecule has 2 atom stereocenters. The lowest BCUT2D eigenvalue weighted by molar-refractivity contribution is 0.104. The van der Waals surface area contributed by atoms with Crippen molar-refractivity contribution in [1.29, 1.82) is 0 Å². The Labute approximate surface area is 110 Å². The largest absolute Gasteiger partial charge is 0.489 e. The Morgan fingerprint density at radius 1 is 1.50 bits per heavy atom. The van der Waals surface area contributed by atoms with Gasteiger partial charge < -0.3 is 15.4 Å². The summed E-state index contributed by atoms with van der Waals surface area (Å²) in [5.74, 6) is 0.980. The quantitative estimate of drug-likeness (QED) is 0.886. The first-order chi connectivity index (χ1) is 8.63. The minimum atomic E-state index is 0.195. The summed E-state index contributed by atoms with van der Waals surface area (Å²) in [7, 11) is 2.15. The highest BCUT2D eigenvalue weighted by atomic mass is 16.5. The van der Waals surface area contributed by atoms with E-state index in [9.17, 15) is 0 Å². The molecule has 0 aromatic heterocycles. The molecule has 3 nitrogen and oxygen atoms in total. The van der Waals surface area contributed by atoms with E-state index >= 15 is 0 Å². The lowest BCUT2D eigenvalue weighted by Gasteiger charge is -2.30. The van der Waals surface area contributed by atoms with E-state index in [1.807, 2.05) is 13.0 Å². The summed E-state index contributed by atoms with van der Waals surface area (Å²) in [5, 5.41) is 0. The highest BCUT2D eigenvalue weighted by Crippen LogP contribution is 2.19. The first-order valence-electron chi connectivity index (χ1n) is 6.83. The van der Waals surface area contributed by atoms with E-state index in [-0.39, 0.29) is 6.04 Å². The van der Waals surface area contributed by atoms with Crippen molar-refractivity contribution < 1.29 is 4.74 Å². The Morgan fingerprint density at radius 3 is 3.06 bits per heavy atom. The molecule has 1 aromatic rings. The van der Waals surface area contributed by atoms with Gasteiger partial charge in [0, 0.05) is 12.6 Å². The minimum Gasteiger partial charge on any atom is -0.489 e.